The molecule has 0 fully saturated rings. The summed E-state index contributed by atoms with van der Waals surface area (Å²) in [6, 6.07) is 10.4. The van der Waals surface area contributed by atoms with Crippen molar-refractivity contribution in [3.63, 3.8) is 0 Å². The quantitative estimate of drug-likeness (QED) is 0.595. The molecule has 0 unspecified atom stereocenters. The van der Waals surface area contributed by atoms with Crippen molar-refractivity contribution in [2.45, 2.75) is 20.0 Å². The monoisotopic (exact) mass is 427 g/mol. The van der Waals surface area contributed by atoms with Crippen molar-refractivity contribution in [2.24, 2.45) is 0 Å². The molecule has 0 spiro atoms. The molecule has 0 aliphatic carbocycles. The van der Waals surface area contributed by atoms with Gasteiger partial charge in [0.05, 0.1) is 14.8 Å². The SMILES string of the molecule is Cc1nc2ccccc2n1CCNCc1cc(Br)c(Br)s1. The van der Waals surface area contributed by atoms with E-state index in [9.17, 15) is 0 Å². The van der Waals surface area contributed by atoms with Crippen LogP contribution in [0, 0.1) is 6.92 Å². The molecule has 0 bridgehead atoms. The zero-order valence-corrected chi connectivity index (χ0v) is 15.6. The Hall–Kier alpha value is -0.690. The van der Waals surface area contributed by atoms with Gasteiger partial charge in [-0.3, -0.25) is 0 Å². The number of thiophene rings is 1. The molecular formula is C15H15Br2N3S. The molecule has 3 rings (SSSR count). The molecule has 2 heterocycles. The van der Waals surface area contributed by atoms with E-state index in [1.165, 1.54) is 10.4 Å². The van der Waals surface area contributed by atoms with Gasteiger partial charge < -0.3 is 9.88 Å². The predicted molar refractivity (Wildman–Crippen MR) is 95.9 cm³/mol. The van der Waals surface area contributed by atoms with E-state index >= 15 is 0 Å². The molecule has 0 aliphatic rings. The van der Waals surface area contributed by atoms with Crippen molar-refractivity contribution in [2.75, 3.05) is 6.54 Å². The van der Waals surface area contributed by atoms with E-state index in [1.807, 2.05) is 6.07 Å². The number of hydrogen-bond donors (Lipinski definition) is 1. The third kappa shape index (κ3) is 3.39. The van der Waals surface area contributed by atoms with Gasteiger partial charge in [-0.05, 0) is 57.0 Å². The van der Waals surface area contributed by atoms with Crippen molar-refractivity contribution >= 4 is 54.2 Å². The fourth-order valence-corrected chi connectivity index (χ4v) is 4.51. The molecule has 0 aliphatic heterocycles. The second kappa shape index (κ2) is 6.60. The van der Waals surface area contributed by atoms with Gasteiger partial charge in [-0.25, -0.2) is 4.98 Å². The molecule has 21 heavy (non-hydrogen) atoms. The number of para-hydroxylation sites is 2. The van der Waals surface area contributed by atoms with Crippen LogP contribution < -0.4 is 5.32 Å². The van der Waals surface area contributed by atoms with Crippen LogP contribution in [0.25, 0.3) is 11.0 Å². The number of nitrogens with one attached hydrogen (secondary N) is 1. The maximum Gasteiger partial charge on any atom is 0.106 e. The van der Waals surface area contributed by atoms with E-state index in [-0.39, 0.29) is 0 Å². The number of benzene rings is 1. The lowest BCUT2D eigenvalue weighted by Crippen LogP contribution is -2.19. The van der Waals surface area contributed by atoms with Crippen LogP contribution in [0.1, 0.15) is 10.7 Å². The van der Waals surface area contributed by atoms with Crippen LogP contribution in [0.5, 0.6) is 0 Å². The summed E-state index contributed by atoms with van der Waals surface area (Å²) in [5.41, 5.74) is 2.28. The maximum absolute atomic E-state index is 4.59. The molecule has 0 saturated heterocycles. The molecule has 0 atom stereocenters. The highest BCUT2D eigenvalue weighted by Gasteiger charge is 2.06. The zero-order chi connectivity index (χ0) is 14.8. The maximum atomic E-state index is 4.59. The summed E-state index contributed by atoms with van der Waals surface area (Å²) >= 11 is 8.80. The lowest BCUT2D eigenvalue weighted by molar-refractivity contribution is 0.600. The van der Waals surface area contributed by atoms with Crippen LogP contribution >= 0.6 is 43.2 Å². The highest BCUT2D eigenvalue weighted by Crippen LogP contribution is 2.32. The predicted octanol–water partition coefficient (Wildman–Crippen LogP) is 4.72. The van der Waals surface area contributed by atoms with Gasteiger partial charge in [-0.15, -0.1) is 11.3 Å². The molecule has 6 heteroatoms. The second-order valence-corrected chi connectivity index (χ2v) is 8.12. The largest absolute Gasteiger partial charge is 0.327 e. The molecular weight excluding hydrogens is 414 g/mol. The molecule has 1 aromatic carbocycles. The zero-order valence-electron chi connectivity index (χ0n) is 11.6. The van der Waals surface area contributed by atoms with Gasteiger partial charge in [0.15, 0.2) is 0 Å². The molecule has 110 valence electrons. The van der Waals surface area contributed by atoms with Crippen LogP contribution in [-0.4, -0.2) is 16.1 Å². The number of rotatable bonds is 5. The van der Waals surface area contributed by atoms with Gasteiger partial charge in [0.25, 0.3) is 0 Å². The summed E-state index contributed by atoms with van der Waals surface area (Å²) < 4.78 is 4.54. The summed E-state index contributed by atoms with van der Waals surface area (Å²) in [6.07, 6.45) is 0. The van der Waals surface area contributed by atoms with Crippen LogP contribution in [0.15, 0.2) is 38.6 Å². The second-order valence-electron chi connectivity index (χ2n) is 4.81. The smallest absolute Gasteiger partial charge is 0.106 e. The summed E-state index contributed by atoms with van der Waals surface area (Å²) in [6.45, 7) is 4.81. The van der Waals surface area contributed by atoms with E-state index in [2.05, 4.69) is 77.9 Å². The van der Waals surface area contributed by atoms with Gasteiger partial charge in [0.1, 0.15) is 5.82 Å². The summed E-state index contributed by atoms with van der Waals surface area (Å²) in [5.74, 6) is 1.07. The third-order valence-corrected chi connectivity index (χ3v) is 6.61. The first kappa shape index (κ1) is 15.2. The molecule has 1 N–H and O–H groups in total. The van der Waals surface area contributed by atoms with Crippen molar-refractivity contribution in [3.8, 4) is 0 Å². The Morgan fingerprint density at radius 2 is 2.10 bits per heavy atom. The minimum atomic E-state index is 0.889. The first-order valence-electron chi connectivity index (χ1n) is 6.71. The molecule has 2 aromatic heterocycles. The molecule has 0 amide bonds. The van der Waals surface area contributed by atoms with Crippen molar-refractivity contribution in [3.05, 3.63) is 49.3 Å². The highest BCUT2D eigenvalue weighted by molar-refractivity contribution is 9.13. The normalized spacial score (nSPS) is 11.4. The summed E-state index contributed by atoms with van der Waals surface area (Å²) in [4.78, 5) is 5.91. The van der Waals surface area contributed by atoms with E-state index in [4.69, 9.17) is 0 Å². The number of nitrogens with zero attached hydrogens (tertiary/aromatic N) is 2. The molecule has 0 radical (unpaired) electrons. The Balaban J connectivity index is 1.60. The number of halogens is 2. The Kier molecular flexibility index (Phi) is 4.78. The number of hydrogen-bond acceptors (Lipinski definition) is 3. The highest BCUT2D eigenvalue weighted by atomic mass is 79.9. The van der Waals surface area contributed by atoms with E-state index in [1.54, 1.807) is 11.3 Å². The fourth-order valence-electron chi connectivity index (χ4n) is 2.36. The van der Waals surface area contributed by atoms with Crippen LogP contribution in [-0.2, 0) is 13.1 Å². The van der Waals surface area contributed by atoms with Crippen molar-refractivity contribution in [1.82, 2.24) is 14.9 Å². The van der Waals surface area contributed by atoms with Crippen molar-refractivity contribution < 1.29 is 0 Å². The van der Waals surface area contributed by atoms with Crippen LogP contribution in [0.3, 0.4) is 0 Å². The lowest BCUT2D eigenvalue weighted by atomic mass is 10.3. The van der Waals surface area contributed by atoms with Gasteiger partial charge in [0.2, 0.25) is 0 Å². The Bertz CT molecular complexity index is 744. The van der Waals surface area contributed by atoms with Gasteiger partial charge in [-0.2, -0.15) is 0 Å². The summed E-state index contributed by atoms with van der Waals surface area (Å²) in [5, 5.41) is 3.49. The Morgan fingerprint density at radius 3 is 2.86 bits per heavy atom. The van der Waals surface area contributed by atoms with E-state index in [0.717, 1.165) is 39.2 Å². The lowest BCUT2D eigenvalue weighted by Gasteiger charge is -2.07. The number of aryl methyl sites for hydroxylation is 1. The summed E-state index contributed by atoms with van der Waals surface area (Å²) in [7, 11) is 0. The van der Waals surface area contributed by atoms with Gasteiger partial charge >= 0.3 is 0 Å². The van der Waals surface area contributed by atoms with Crippen LogP contribution in [0.4, 0.5) is 0 Å². The molecule has 3 nitrogen and oxygen atoms in total. The fraction of sp³-hybridized carbons (Fsp3) is 0.267. The van der Waals surface area contributed by atoms with Gasteiger partial charge in [0, 0.05) is 29.0 Å². The standard InChI is InChI=1S/C15H15Br2N3S/c1-10-19-13-4-2-3-5-14(13)20(10)7-6-18-9-11-8-12(16)15(17)21-11/h2-5,8,18H,6-7,9H2,1H3. The first-order valence-corrected chi connectivity index (χ1v) is 9.11. The van der Waals surface area contributed by atoms with Crippen molar-refractivity contribution in [1.29, 1.82) is 0 Å². The minimum absolute atomic E-state index is 0.889. The number of aromatic nitrogens is 2. The van der Waals surface area contributed by atoms with Gasteiger partial charge in [-0.1, -0.05) is 12.1 Å². The average molecular weight is 429 g/mol. The minimum Gasteiger partial charge on any atom is -0.327 e. The third-order valence-electron chi connectivity index (χ3n) is 3.35. The Morgan fingerprint density at radius 1 is 1.29 bits per heavy atom. The number of imidazole rings is 1. The van der Waals surface area contributed by atoms with Crippen LogP contribution in [0.2, 0.25) is 0 Å². The molecule has 0 saturated carbocycles. The number of fused-ring (bicyclic) bond motifs is 1. The van der Waals surface area contributed by atoms with E-state index < -0.39 is 0 Å². The van der Waals surface area contributed by atoms with E-state index in [0.29, 0.717) is 0 Å². The topological polar surface area (TPSA) is 29.9 Å². The molecule has 3 aromatic rings. The Labute approximate surface area is 144 Å². The average Bonchev–Trinajstić information content (AvgIpc) is 2.95. The first-order chi connectivity index (χ1) is 10.1.